The van der Waals surface area contributed by atoms with Crippen LogP contribution >= 0.6 is 0 Å². The molecule has 0 spiro atoms. The summed E-state index contributed by atoms with van der Waals surface area (Å²) in [4.78, 5) is 6.63. The third kappa shape index (κ3) is 4.19. The smallest absolute Gasteiger partial charge is 0.140 e. The van der Waals surface area contributed by atoms with Crippen molar-refractivity contribution in [3.63, 3.8) is 0 Å². The minimum atomic E-state index is -0.710. The Labute approximate surface area is 138 Å². The topological polar surface area (TPSA) is 36.4 Å². The minimum Gasteiger partial charge on any atom is -0.376 e. The standard InChI is InChI=1S/C20H22N2O/c23-20(17-8-2-1-3-9-17)12-7-15-22-14-5-4-11-19(22)18-10-6-13-21-16-18/h1-3,6,8-10,13,16,19-20,23H,4-5,11,14-15H2/t19-,20+/m1/s1. The van der Waals surface area contributed by atoms with Gasteiger partial charge in [0, 0.05) is 18.4 Å². The van der Waals surface area contributed by atoms with Crippen LogP contribution in [0.15, 0.2) is 54.9 Å². The van der Waals surface area contributed by atoms with Gasteiger partial charge in [-0.25, -0.2) is 0 Å². The number of piperidine rings is 1. The summed E-state index contributed by atoms with van der Waals surface area (Å²) in [5.41, 5.74) is 2.11. The lowest BCUT2D eigenvalue weighted by Gasteiger charge is -2.34. The van der Waals surface area contributed by atoms with Gasteiger partial charge in [-0.2, -0.15) is 0 Å². The zero-order valence-electron chi connectivity index (χ0n) is 13.2. The van der Waals surface area contributed by atoms with E-state index in [1.165, 1.54) is 18.4 Å². The van der Waals surface area contributed by atoms with Gasteiger partial charge >= 0.3 is 0 Å². The van der Waals surface area contributed by atoms with E-state index < -0.39 is 6.10 Å². The first kappa shape index (κ1) is 15.7. The van der Waals surface area contributed by atoms with Gasteiger partial charge in [0.25, 0.3) is 0 Å². The fourth-order valence-corrected chi connectivity index (χ4v) is 3.09. The molecular weight excluding hydrogens is 284 g/mol. The first-order chi connectivity index (χ1) is 11.3. The van der Waals surface area contributed by atoms with Crippen molar-refractivity contribution in [1.29, 1.82) is 0 Å². The molecule has 118 valence electrons. The van der Waals surface area contributed by atoms with Gasteiger partial charge in [0.05, 0.1) is 6.54 Å². The summed E-state index contributed by atoms with van der Waals surface area (Å²) in [5, 5.41) is 10.1. The summed E-state index contributed by atoms with van der Waals surface area (Å²) >= 11 is 0. The predicted octanol–water partition coefficient (Wildman–Crippen LogP) is 3.35. The molecule has 0 radical (unpaired) electrons. The lowest BCUT2D eigenvalue weighted by Crippen LogP contribution is -2.33. The number of aromatic nitrogens is 1. The molecule has 3 heteroatoms. The molecule has 0 amide bonds. The third-order valence-electron chi connectivity index (χ3n) is 4.32. The lowest BCUT2D eigenvalue weighted by molar-refractivity contribution is 0.168. The molecular formula is C20H22N2O. The summed E-state index contributed by atoms with van der Waals surface area (Å²) in [6, 6.07) is 14.1. The Balaban J connectivity index is 1.65. The number of benzene rings is 1. The Morgan fingerprint density at radius 1 is 1.17 bits per heavy atom. The van der Waals surface area contributed by atoms with Gasteiger partial charge in [0.1, 0.15) is 6.10 Å². The van der Waals surface area contributed by atoms with Crippen LogP contribution in [0.25, 0.3) is 0 Å². The fourth-order valence-electron chi connectivity index (χ4n) is 3.09. The van der Waals surface area contributed by atoms with Gasteiger partial charge in [-0.05, 0) is 36.6 Å². The molecule has 0 unspecified atom stereocenters. The highest BCUT2D eigenvalue weighted by Gasteiger charge is 2.23. The van der Waals surface area contributed by atoms with Crippen molar-refractivity contribution in [1.82, 2.24) is 9.88 Å². The SMILES string of the molecule is O[C@@H](C#CCN1CCCC[C@@H]1c1cccnc1)c1ccccc1. The summed E-state index contributed by atoms with van der Waals surface area (Å²) in [7, 11) is 0. The summed E-state index contributed by atoms with van der Waals surface area (Å²) in [6.07, 6.45) is 6.66. The lowest BCUT2D eigenvalue weighted by atomic mass is 9.96. The zero-order valence-corrected chi connectivity index (χ0v) is 13.2. The highest BCUT2D eigenvalue weighted by atomic mass is 16.3. The van der Waals surface area contributed by atoms with Crippen LogP contribution in [0.5, 0.6) is 0 Å². The molecule has 0 bridgehead atoms. The molecule has 0 aliphatic carbocycles. The third-order valence-corrected chi connectivity index (χ3v) is 4.32. The molecule has 3 nitrogen and oxygen atoms in total. The van der Waals surface area contributed by atoms with E-state index in [1.54, 1.807) is 0 Å². The molecule has 2 heterocycles. The number of likely N-dealkylation sites (tertiary alicyclic amines) is 1. The monoisotopic (exact) mass is 306 g/mol. The number of hydrogen-bond acceptors (Lipinski definition) is 3. The van der Waals surface area contributed by atoms with Crippen LogP contribution in [0.3, 0.4) is 0 Å². The van der Waals surface area contributed by atoms with Gasteiger partial charge < -0.3 is 5.11 Å². The van der Waals surface area contributed by atoms with Crippen LogP contribution in [0.2, 0.25) is 0 Å². The number of rotatable bonds is 3. The minimum absolute atomic E-state index is 0.389. The Morgan fingerprint density at radius 2 is 2.04 bits per heavy atom. The van der Waals surface area contributed by atoms with Crippen molar-refractivity contribution in [2.45, 2.75) is 31.4 Å². The van der Waals surface area contributed by atoms with Crippen LogP contribution in [0.4, 0.5) is 0 Å². The second kappa shape index (κ2) is 7.92. The van der Waals surface area contributed by atoms with Crippen LogP contribution in [0, 0.1) is 11.8 Å². The quantitative estimate of drug-likeness (QED) is 0.884. The van der Waals surface area contributed by atoms with E-state index in [2.05, 4.69) is 27.8 Å². The molecule has 3 rings (SSSR count). The number of hydrogen-bond donors (Lipinski definition) is 1. The van der Waals surface area contributed by atoms with Crippen molar-refractivity contribution >= 4 is 0 Å². The molecule has 1 fully saturated rings. The van der Waals surface area contributed by atoms with Crippen molar-refractivity contribution < 1.29 is 5.11 Å². The Kier molecular flexibility index (Phi) is 5.42. The molecule has 1 aliphatic rings. The van der Waals surface area contributed by atoms with Crippen LogP contribution in [0.1, 0.15) is 42.5 Å². The number of pyridine rings is 1. The average molecular weight is 306 g/mol. The van der Waals surface area contributed by atoms with Crippen LogP contribution in [-0.2, 0) is 0 Å². The van der Waals surface area contributed by atoms with Crippen LogP contribution in [-0.4, -0.2) is 28.1 Å². The second-order valence-corrected chi connectivity index (χ2v) is 5.90. The first-order valence-corrected chi connectivity index (χ1v) is 8.20. The molecule has 1 aromatic heterocycles. The molecule has 2 atom stereocenters. The molecule has 0 saturated carbocycles. The van der Waals surface area contributed by atoms with Gasteiger partial charge in [0.2, 0.25) is 0 Å². The zero-order chi connectivity index (χ0) is 15.9. The Hall–Kier alpha value is -2.15. The number of nitrogens with zero attached hydrogens (tertiary/aromatic N) is 2. The van der Waals surface area contributed by atoms with Crippen LogP contribution < -0.4 is 0 Å². The van der Waals surface area contributed by atoms with E-state index in [9.17, 15) is 5.11 Å². The van der Waals surface area contributed by atoms with E-state index in [4.69, 9.17) is 0 Å². The maximum atomic E-state index is 10.1. The fraction of sp³-hybridized carbons (Fsp3) is 0.350. The molecule has 1 aliphatic heterocycles. The maximum Gasteiger partial charge on any atom is 0.140 e. The van der Waals surface area contributed by atoms with E-state index in [1.807, 2.05) is 48.8 Å². The van der Waals surface area contributed by atoms with Gasteiger partial charge in [-0.1, -0.05) is 54.7 Å². The van der Waals surface area contributed by atoms with Crippen molar-refractivity contribution in [3.8, 4) is 11.8 Å². The van der Waals surface area contributed by atoms with Crippen molar-refractivity contribution in [2.24, 2.45) is 0 Å². The predicted molar refractivity (Wildman–Crippen MR) is 91.6 cm³/mol. The average Bonchev–Trinajstić information content (AvgIpc) is 2.63. The summed E-state index contributed by atoms with van der Waals surface area (Å²) < 4.78 is 0. The van der Waals surface area contributed by atoms with E-state index >= 15 is 0 Å². The van der Waals surface area contributed by atoms with Gasteiger partial charge in [0.15, 0.2) is 0 Å². The molecule has 1 saturated heterocycles. The van der Waals surface area contributed by atoms with Crippen molar-refractivity contribution in [2.75, 3.05) is 13.1 Å². The van der Waals surface area contributed by atoms with Gasteiger partial charge in [-0.3, -0.25) is 9.88 Å². The molecule has 2 aromatic rings. The number of aliphatic hydroxyl groups is 1. The highest BCUT2D eigenvalue weighted by molar-refractivity contribution is 5.25. The number of aliphatic hydroxyl groups excluding tert-OH is 1. The summed E-state index contributed by atoms with van der Waals surface area (Å²) in [6.45, 7) is 1.74. The largest absolute Gasteiger partial charge is 0.376 e. The van der Waals surface area contributed by atoms with Crippen molar-refractivity contribution in [3.05, 3.63) is 66.0 Å². The van der Waals surface area contributed by atoms with E-state index in [0.717, 1.165) is 18.5 Å². The molecule has 1 N–H and O–H groups in total. The normalized spacial score (nSPS) is 19.6. The second-order valence-electron chi connectivity index (χ2n) is 5.90. The molecule has 23 heavy (non-hydrogen) atoms. The first-order valence-electron chi connectivity index (χ1n) is 8.20. The maximum absolute atomic E-state index is 10.1. The summed E-state index contributed by atoms with van der Waals surface area (Å²) in [5.74, 6) is 6.13. The van der Waals surface area contributed by atoms with Gasteiger partial charge in [-0.15, -0.1) is 0 Å². The Morgan fingerprint density at radius 3 is 2.83 bits per heavy atom. The highest BCUT2D eigenvalue weighted by Crippen LogP contribution is 2.29. The Bertz CT molecular complexity index is 660. The molecule has 1 aromatic carbocycles. The van der Waals surface area contributed by atoms with E-state index in [0.29, 0.717) is 12.6 Å². The van der Waals surface area contributed by atoms with E-state index in [-0.39, 0.29) is 0 Å².